The Morgan fingerprint density at radius 2 is 1.94 bits per heavy atom. The lowest BCUT2D eigenvalue weighted by Gasteiger charge is -2.32. The highest BCUT2D eigenvalue weighted by molar-refractivity contribution is 5.82. The molecule has 0 aromatic heterocycles. The quantitative estimate of drug-likeness (QED) is 0.709. The van der Waals surface area contributed by atoms with Crippen molar-refractivity contribution >= 4 is 5.91 Å². The van der Waals surface area contributed by atoms with Gasteiger partial charge in [-0.25, -0.2) is 0 Å². The highest BCUT2D eigenvalue weighted by atomic mass is 16.2. The molecule has 1 amide bonds. The molecule has 1 fully saturated rings. The van der Waals surface area contributed by atoms with E-state index in [0.717, 1.165) is 32.0 Å². The molecule has 3 heteroatoms. The average Bonchev–Trinajstić information content (AvgIpc) is 2.41. The fourth-order valence-electron chi connectivity index (χ4n) is 2.89. The van der Waals surface area contributed by atoms with Crippen molar-refractivity contribution in [1.82, 2.24) is 10.2 Å². The summed E-state index contributed by atoms with van der Waals surface area (Å²) in [5, 5.41) is 3.40. The van der Waals surface area contributed by atoms with Crippen molar-refractivity contribution in [2.75, 3.05) is 19.6 Å². The summed E-state index contributed by atoms with van der Waals surface area (Å²) in [5.41, 5.74) is 0. The van der Waals surface area contributed by atoms with Crippen LogP contribution in [0, 0.1) is 5.92 Å². The van der Waals surface area contributed by atoms with Gasteiger partial charge in [-0.15, -0.1) is 0 Å². The molecule has 1 heterocycles. The molecule has 0 radical (unpaired) electrons. The van der Waals surface area contributed by atoms with Gasteiger partial charge in [-0.05, 0) is 39.2 Å². The summed E-state index contributed by atoms with van der Waals surface area (Å²) in [7, 11) is 0. The van der Waals surface area contributed by atoms with Gasteiger partial charge in [0.2, 0.25) is 5.91 Å². The number of unbranched alkanes of at least 4 members (excludes halogenated alkanes) is 2. The highest BCUT2D eigenvalue weighted by Gasteiger charge is 2.28. The van der Waals surface area contributed by atoms with Crippen LogP contribution in [0.15, 0.2) is 0 Å². The SMILES string of the molecule is CCCCCC1CCNC(C(=O)N(CC)CC)C1. The molecule has 2 unspecified atom stereocenters. The van der Waals surface area contributed by atoms with Gasteiger partial charge in [0.05, 0.1) is 6.04 Å². The Morgan fingerprint density at radius 3 is 2.56 bits per heavy atom. The smallest absolute Gasteiger partial charge is 0.239 e. The van der Waals surface area contributed by atoms with Crippen LogP contribution in [-0.2, 0) is 4.79 Å². The molecule has 1 rings (SSSR count). The fourth-order valence-corrected chi connectivity index (χ4v) is 2.89. The molecule has 0 saturated carbocycles. The summed E-state index contributed by atoms with van der Waals surface area (Å²) in [4.78, 5) is 14.2. The van der Waals surface area contributed by atoms with Crippen molar-refractivity contribution in [3.8, 4) is 0 Å². The second kappa shape index (κ2) is 8.52. The first-order valence-corrected chi connectivity index (χ1v) is 7.75. The maximum atomic E-state index is 12.3. The number of carbonyl (C=O) groups excluding carboxylic acids is 1. The molecule has 106 valence electrons. The highest BCUT2D eigenvalue weighted by Crippen LogP contribution is 2.23. The van der Waals surface area contributed by atoms with Crippen LogP contribution in [0.25, 0.3) is 0 Å². The van der Waals surface area contributed by atoms with E-state index in [9.17, 15) is 4.79 Å². The van der Waals surface area contributed by atoms with Crippen molar-refractivity contribution in [1.29, 1.82) is 0 Å². The molecule has 0 aliphatic carbocycles. The Hall–Kier alpha value is -0.570. The molecular weight excluding hydrogens is 224 g/mol. The number of likely N-dealkylation sites (N-methyl/N-ethyl adjacent to an activating group) is 1. The summed E-state index contributed by atoms with van der Waals surface area (Å²) in [6.45, 7) is 9.03. The topological polar surface area (TPSA) is 32.3 Å². The van der Waals surface area contributed by atoms with Gasteiger partial charge in [0.1, 0.15) is 0 Å². The molecule has 0 aromatic carbocycles. The monoisotopic (exact) mass is 254 g/mol. The van der Waals surface area contributed by atoms with Crippen LogP contribution in [0.5, 0.6) is 0 Å². The fraction of sp³-hybridized carbons (Fsp3) is 0.933. The van der Waals surface area contributed by atoms with E-state index >= 15 is 0 Å². The molecule has 0 bridgehead atoms. The zero-order chi connectivity index (χ0) is 13.4. The van der Waals surface area contributed by atoms with Crippen molar-refractivity contribution in [3.05, 3.63) is 0 Å². The van der Waals surface area contributed by atoms with Crippen molar-refractivity contribution < 1.29 is 4.79 Å². The molecule has 0 aromatic rings. The summed E-state index contributed by atoms with van der Waals surface area (Å²) >= 11 is 0. The Bertz CT molecular complexity index is 239. The molecule has 18 heavy (non-hydrogen) atoms. The zero-order valence-corrected chi connectivity index (χ0v) is 12.4. The van der Waals surface area contributed by atoms with Crippen LogP contribution >= 0.6 is 0 Å². The van der Waals surface area contributed by atoms with Gasteiger partial charge < -0.3 is 10.2 Å². The van der Waals surface area contributed by atoms with Gasteiger partial charge in [-0.1, -0.05) is 32.6 Å². The van der Waals surface area contributed by atoms with E-state index in [1.165, 1.54) is 32.1 Å². The molecule has 3 nitrogen and oxygen atoms in total. The van der Waals surface area contributed by atoms with E-state index in [1.54, 1.807) is 0 Å². The minimum atomic E-state index is 0.0743. The molecule has 1 aliphatic rings. The summed E-state index contributed by atoms with van der Waals surface area (Å²) in [5.74, 6) is 1.06. The van der Waals surface area contributed by atoms with E-state index in [4.69, 9.17) is 0 Å². The number of piperidine rings is 1. The first kappa shape index (κ1) is 15.5. The van der Waals surface area contributed by atoms with Gasteiger partial charge in [0, 0.05) is 13.1 Å². The van der Waals surface area contributed by atoms with Crippen molar-refractivity contribution in [2.24, 2.45) is 5.92 Å². The molecule has 0 spiro atoms. The third kappa shape index (κ3) is 4.60. The van der Waals surface area contributed by atoms with Crippen molar-refractivity contribution in [2.45, 2.75) is 65.3 Å². The number of carbonyl (C=O) groups is 1. The Labute approximate surface area is 112 Å². The second-order valence-corrected chi connectivity index (χ2v) is 5.40. The van der Waals surface area contributed by atoms with Gasteiger partial charge in [0.15, 0.2) is 0 Å². The minimum absolute atomic E-state index is 0.0743. The van der Waals surface area contributed by atoms with E-state index in [2.05, 4.69) is 26.1 Å². The molecule has 1 aliphatic heterocycles. The van der Waals surface area contributed by atoms with Crippen LogP contribution in [-0.4, -0.2) is 36.5 Å². The van der Waals surface area contributed by atoms with Crippen LogP contribution in [0.3, 0.4) is 0 Å². The van der Waals surface area contributed by atoms with Gasteiger partial charge in [-0.2, -0.15) is 0 Å². The Balaban J connectivity index is 2.40. The lowest BCUT2D eigenvalue weighted by Crippen LogP contribution is -2.50. The maximum Gasteiger partial charge on any atom is 0.239 e. The number of rotatable bonds is 7. The standard InChI is InChI=1S/C15H30N2O/c1-4-7-8-9-13-10-11-16-14(12-13)15(18)17(5-2)6-3/h13-14,16H,4-12H2,1-3H3. The average molecular weight is 254 g/mol. The summed E-state index contributed by atoms with van der Waals surface area (Å²) in [6.07, 6.45) is 7.53. The molecule has 1 N–H and O–H groups in total. The van der Waals surface area contributed by atoms with E-state index in [0.29, 0.717) is 5.91 Å². The molecule has 1 saturated heterocycles. The first-order chi connectivity index (χ1) is 8.72. The lowest BCUT2D eigenvalue weighted by molar-refractivity contribution is -0.134. The predicted molar refractivity (Wildman–Crippen MR) is 76.6 cm³/mol. The number of hydrogen-bond acceptors (Lipinski definition) is 2. The van der Waals surface area contributed by atoms with Crippen LogP contribution in [0.2, 0.25) is 0 Å². The molecular formula is C15H30N2O. The number of nitrogens with zero attached hydrogens (tertiary/aromatic N) is 1. The third-order valence-electron chi connectivity index (χ3n) is 4.10. The second-order valence-electron chi connectivity index (χ2n) is 5.40. The normalized spacial score (nSPS) is 23.9. The molecule has 2 atom stereocenters. The first-order valence-electron chi connectivity index (χ1n) is 7.75. The summed E-state index contributed by atoms with van der Waals surface area (Å²) in [6, 6.07) is 0.0743. The predicted octanol–water partition coefficient (Wildman–Crippen LogP) is 2.80. The lowest BCUT2D eigenvalue weighted by atomic mass is 9.87. The van der Waals surface area contributed by atoms with E-state index in [-0.39, 0.29) is 6.04 Å². The van der Waals surface area contributed by atoms with Gasteiger partial charge in [-0.3, -0.25) is 4.79 Å². The number of amides is 1. The van der Waals surface area contributed by atoms with Crippen LogP contribution < -0.4 is 5.32 Å². The van der Waals surface area contributed by atoms with Crippen LogP contribution in [0.1, 0.15) is 59.3 Å². The minimum Gasteiger partial charge on any atom is -0.342 e. The number of nitrogens with one attached hydrogen (secondary N) is 1. The van der Waals surface area contributed by atoms with Gasteiger partial charge in [0.25, 0.3) is 0 Å². The van der Waals surface area contributed by atoms with E-state index < -0.39 is 0 Å². The van der Waals surface area contributed by atoms with E-state index in [1.807, 2.05) is 4.90 Å². The summed E-state index contributed by atoms with van der Waals surface area (Å²) < 4.78 is 0. The largest absolute Gasteiger partial charge is 0.342 e. The maximum absolute atomic E-state index is 12.3. The van der Waals surface area contributed by atoms with Crippen molar-refractivity contribution in [3.63, 3.8) is 0 Å². The Kier molecular flexibility index (Phi) is 7.33. The number of hydrogen-bond donors (Lipinski definition) is 1. The van der Waals surface area contributed by atoms with Crippen LogP contribution in [0.4, 0.5) is 0 Å². The van der Waals surface area contributed by atoms with Gasteiger partial charge >= 0.3 is 0 Å². The zero-order valence-electron chi connectivity index (χ0n) is 12.4. The third-order valence-corrected chi connectivity index (χ3v) is 4.10. The Morgan fingerprint density at radius 1 is 1.22 bits per heavy atom.